The predicted molar refractivity (Wildman–Crippen MR) is 116 cm³/mol. The summed E-state index contributed by atoms with van der Waals surface area (Å²) in [4.78, 5) is 16.1. The normalized spacial score (nSPS) is 20.3. The first-order valence-electron chi connectivity index (χ1n) is 9.30. The van der Waals surface area contributed by atoms with E-state index in [0.29, 0.717) is 16.7 Å². The molecule has 29 heavy (non-hydrogen) atoms. The molecule has 2 aromatic carbocycles. The van der Waals surface area contributed by atoms with E-state index in [1.54, 1.807) is 37.8 Å². The van der Waals surface area contributed by atoms with Gasteiger partial charge in [0.1, 0.15) is 0 Å². The van der Waals surface area contributed by atoms with Crippen molar-refractivity contribution in [2.45, 2.75) is 32.6 Å². The summed E-state index contributed by atoms with van der Waals surface area (Å²) in [5.74, 6) is -0.406. The minimum Gasteiger partial charge on any atom is -0.378 e. The van der Waals surface area contributed by atoms with Crippen molar-refractivity contribution in [1.82, 2.24) is 0 Å². The van der Waals surface area contributed by atoms with Gasteiger partial charge in [0.25, 0.3) is 0 Å². The zero-order valence-electron chi connectivity index (χ0n) is 16.6. The number of nitrogens with zero attached hydrogens (tertiary/aromatic N) is 1. The van der Waals surface area contributed by atoms with Crippen LogP contribution >= 0.6 is 11.8 Å². The molecule has 0 bridgehead atoms. The third-order valence-corrected chi connectivity index (χ3v) is 7.50. The van der Waals surface area contributed by atoms with Crippen LogP contribution in [0.15, 0.2) is 62.9 Å². The Morgan fingerprint density at radius 3 is 2.66 bits per heavy atom. The van der Waals surface area contributed by atoms with Crippen LogP contribution in [0.4, 0.5) is 5.69 Å². The summed E-state index contributed by atoms with van der Waals surface area (Å²) in [6.45, 7) is 8.04. The lowest BCUT2D eigenvalue weighted by Crippen LogP contribution is -2.27. The first-order chi connectivity index (χ1) is 13.7. The number of allylic oxidation sites excluding steroid dienone is 3. The Hall–Kier alpha value is -2.51. The predicted octanol–water partition coefficient (Wildman–Crippen LogP) is 4.96. The third-order valence-electron chi connectivity index (χ3n) is 4.98. The number of ketones is 1. The smallest absolute Gasteiger partial charge is 0.343 e. The van der Waals surface area contributed by atoms with Gasteiger partial charge in [-0.3, -0.25) is 4.79 Å². The number of carbonyl (C=O) groups is 1. The van der Waals surface area contributed by atoms with E-state index in [0.717, 1.165) is 27.7 Å². The van der Waals surface area contributed by atoms with Gasteiger partial charge in [0.15, 0.2) is 10.7 Å². The second-order valence-electron chi connectivity index (χ2n) is 7.13. The molecule has 0 amide bonds. The van der Waals surface area contributed by atoms with Crippen molar-refractivity contribution in [2.75, 3.05) is 11.4 Å². The zero-order chi connectivity index (χ0) is 20.9. The van der Waals surface area contributed by atoms with Crippen LogP contribution in [0.25, 0.3) is 0 Å². The third kappa shape index (κ3) is 3.28. The molecule has 2 heterocycles. The SMILES string of the molecule is CCN1C(=CC(C)=C2C(=O)c3c(C)cc(C)cc3OS2(=O)=O)Sc2ccccc21. The van der Waals surface area contributed by atoms with E-state index in [1.807, 2.05) is 44.2 Å². The summed E-state index contributed by atoms with van der Waals surface area (Å²) < 4.78 is 30.9. The maximum Gasteiger partial charge on any atom is 0.343 e. The number of carbonyl (C=O) groups excluding carboxylic acids is 1. The molecule has 7 heteroatoms. The van der Waals surface area contributed by atoms with Crippen LogP contribution in [0.3, 0.4) is 0 Å². The summed E-state index contributed by atoms with van der Waals surface area (Å²) in [6, 6.07) is 11.4. The van der Waals surface area contributed by atoms with Crippen molar-refractivity contribution in [3.63, 3.8) is 0 Å². The molecule has 0 unspecified atom stereocenters. The van der Waals surface area contributed by atoms with Crippen molar-refractivity contribution in [3.8, 4) is 5.75 Å². The monoisotopic (exact) mass is 427 g/mol. The Morgan fingerprint density at radius 2 is 1.93 bits per heavy atom. The van der Waals surface area contributed by atoms with E-state index >= 15 is 0 Å². The Morgan fingerprint density at radius 1 is 1.21 bits per heavy atom. The van der Waals surface area contributed by atoms with Gasteiger partial charge in [0.05, 0.1) is 16.3 Å². The lowest BCUT2D eigenvalue weighted by molar-refractivity contribution is 0.103. The van der Waals surface area contributed by atoms with E-state index in [1.165, 1.54) is 0 Å². The first-order valence-corrected chi connectivity index (χ1v) is 11.5. The molecule has 0 fully saturated rings. The molecular weight excluding hydrogens is 406 g/mol. The highest BCUT2D eigenvalue weighted by Crippen LogP contribution is 2.46. The average Bonchev–Trinajstić information content (AvgIpc) is 2.96. The maximum atomic E-state index is 13.2. The number of hydrogen-bond donors (Lipinski definition) is 0. The van der Waals surface area contributed by atoms with Gasteiger partial charge in [-0.05, 0) is 68.7 Å². The van der Waals surface area contributed by atoms with Gasteiger partial charge in [-0.15, -0.1) is 0 Å². The number of benzene rings is 2. The Labute approximate surface area is 175 Å². The molecule has 0 spiro atoms. The van der Waals surface area contributed by atoms with E-state index in [-0.39, 0.29) is 10.7 Å². The van der Waals surface area contributed by atoms with E-state index in [9.17, 15) is 13.2 Å². The van der Waals surface area contributed by atoms with Gasteiger partial charge in [-0.2, -0.15) is 8.42 Å². The van der Waals surface area contributed by atoms with Crippen molar-refractivity contribution in [1.29, 1.82) is 0 Å². The summed E-state index contributed by atoms with van der Waals surface area (Å²) >= 11 is 1.56. The minimum atomic E-state index is -4.19. The number of para-hydroxylation sites is 1. The molecule has 0 atom stereocenters. The fourth-order valence-electron chi connectivity index (χ4n) is 3.79. The first kappa shape index (κ1) is 19.8. The number of Topliss-reactive ketones (excluding diaryl/α,β-unsaturated/α-hetero) is 1. The van der Waals surface area contributed by atoms with E-state index in [4.69, 9.17) is 4.18 Å². The fraction of sp³-hybridized carbons (Fsp3) is 0.227. The van der Waals surface area contributed by atoms with Crippen LogP contribution in [0.2, 0.25) is 0 Å². The second-order valence-corrected chi connectivity index (χ2v) is 9.68. The molecule has 2 aromatic rings. The molecule has 0 aliphatic carbocycles. The van der Waals surface area contributed by atoms with Crippen LogP contribution in [0, 0.1) is 13.8 Å². The van der Waals surface area contributed by atoms with Crippen molar-refractivity contribution in [3.05, 3.63) is 74.7 Å². The average molecular weight is 428 g/mol. The number of aryl methyl sites for hydroxylation is 2. The molecular formula is C22H21NO4S2. The van der Waals surface area contributed by atoms with Crippen LogP contribution in [0.5, 0.6) is 5.75 Å². The van der Waals surface area contributed by atoms with Crippen LogP contribution < -0.4 is 9.08 Å². The van der Waals surface area contributed by atoms with Crippen molar-refractivity contribution >= 4 is 33.4 Å². The number of fused-ring (bicyclic) bond motifs is 2. The molecule has 4 rings (SSSR count). The minimum absolute atomic E-state index is 0.106. The number of rotatable bonds is 2. The molecule has 0 saturated carbocycles. The molecule has 2 aliphatic heterocycles. The molecule has 0 saturated heterocycles. The fourth-order valence-corrected chi connectivity index (χ4v) is 6.25. The van der Waals surface area contributed by atoms with E-state index < -0.39 is 15.9 Å². The highest BCUT2D eigenvalue weighted by atomic mass is 32.2. The topological polar surface area (TPSA) is 63.7 Å². The summed E-state index contributed by atoms with van der Waals surface area (Å²) in [5.41, 5.74) is 3.31. The van der Waals surface area contributed by atoms with Gasteiger partial charge in [-0.25, -0.2) is 0 Å². The number of thioether (sulfide) groups is 1. The summed E-state index contributed by atoms with van der Waals surface area (Å²) in [5, 5.41) is 0.883. The standard InChI is InChI=1S/C22H21NO4S2/c1-5-23-16-8-6-7-9-18(16)28-19(23)12-15(4)22-21(24)20-14(3)10-13(2)11-17(20)27-29(22,25)26/h6-12H,5H2,1-4H3. The summed E-state index contributed by atoms with van der Waals surface area (Å²) in [7, 11) is -4.19. The van der Waals surface area contributed by atoms with Gasteiger partial charge >= 0.3 is 10.1 Å². The van der Waals surface area contributed by atoms with Crippen LogP contribution in [-0.4, -0.2) is 20.7 Å². The van der Waals surface area contributed by atoms with Gasteiger partial charge < -0.3 is 9.08 Å². The van der Waals surface area contributed by atoms with Crippen molar-refractivity contribution < 1.29 is 17.4 Å². The van der Waals surface area contributed by atoms with Gasteiger partial charge in [0, 0.05) is 11.4 Å². The molecule has 150 valence electrons. The zero-order valence-corrected chi connectivity index (χ0v) is 18.3. The van der Waals surface area contributed by atoms with Gasteiger partial charge in [0.2, 0.25) is 5.78 Å². The lowest BCUT2D eigenvalue weighted by Gasteiger charge is -2.22. The largest absolute Gasteiger partial charge is 0.378 e. The van der Waals surface area contributed by atoms with Crippen LogP contribution in [-0.2, 0) is 10.1 Å². The Bertz CT molecular complexity index is 1210. The highest BCUT2D eigenvalue weighted by molar-refractivity contribution is 8.03. The molecule has 2 aliphatic rings. The Kier molecular flexibility index (Phi) is 4.83. The van der Waals surface area contributed by atoms with Gasteiger partial charge in [-0.1, -0.05) is 30.0 Å². The molecule has 0 radical (unpaired) electrons. The second kappa shape index (κ2) is 7.07. The number of anilines is 1. The molecule has 0 aromatic heterocycles. The lowest BCUT2D eigenvalue weighted by atomic mass is 9.99. The molecule has 0 N–H and O–H groups in total. The van der Waals surface area contributed by atoms with Crippen LogP contribution in [0.1, 0.15) is 35.3 Å². The highest BCUT2D eigenvalue weighted by Gasteiger charge is 2.38. The molecule has 5 nitrogen and oxygen atoms in total. The van der Waals surface area contributed by atoms with Crippen molar-refractivity contribution in [2.24, 2.45) is 0 Å². The van der Waals surface area contributed by atoms with E-state index in [2.05, 4.69) is 4.90 Å². The Balaban J connectivity index is 1.84. The number of hydrogen-bond acceptors (Lipinski definition) is 6. The summed E-state index contributed by atoms with van der Waals surface area (Å²) in [6.07, 6.45) is 1.76. The quantitative estimate of drug-likeness (QED) is 0.499. The maximum absolute atomic E-state index is 13.2.